The number of amides is 2. The molecule has 178 valence electrons. The summed E-state index contributed by atoms with van der Waals surface area (Å²) in [4.78, 5) is 65.1. The first-order valence-electron chi connectivity index (χ1n) is 10.6. The van der Waals surface area contributed by atoms with E-state index < -0.39 is 6.04 Å². The van der Waals surface area contributed by atoms with Gasteiger partial charge in [-0.3, -0.25) is 19.2 Å². The number of hydrogen-bond acceptors (Lipinski definition) is 7. The first kappa shape index (κ1) is 31.2. The molecule has 0 aliphatic rings. The largest absolute Gasteiger partial charge is 0.373 e. The molecule has 0 bridgehead atoms. The van der Waals surface area contributed by atoms with Crippen LogP contribution in [-0.2, 0) is 28.8 Å². The molecule has 0 rings (SSSR count). The van der Waals surface area contributed by atoms with Gasteiger partial charge in [0.05, 0.1) is 11.3 Å². The van der Waals surface area contributed by atoms with Gasteiger partial charge in [-0.25, -0.2) is 0 Å². The zero-order valence-corrected chi connectivity index (χ0v) is 20.8. The summed E-state index contributed by atoms with van der Waals surface area (Å²) < 4.78 is 0. The van der Waals surface area contributed by atoms with Gasteiger partial charge in [0.25, 0.3) is 0 Å². The summed E-state index contributed by atoms with van der Waals surface area (Å²) in [6.07, 6.45) is 0.489. The first-order valence-corrected chi connectivity index (χ1v) is 11.5. The van der Waals surface area contributed by atoms with E-state index in [0.717, 1.165) is 0 Å². The summed E-state index contributed by atoms with van der Waals surface area (Å²) in [6.45, 7) is 15.3. The molecule has 9 heteroatoms. The number of carbonyl (C=O) groups excluding carboxylic acids is 6. The smallest absolute Gasteiger partial charge is 0.355 e. The molecule has 0 aliphatic carbocycles. The van der Waals surface area contributed by atoms with Crippen LogP contribution in [0.25, 0.3) is 0 Å². The number of carbonyl (C=O) groups is 4. The van der Waals surface area contributed by atoms with E-state index in [2.05, 4.69) is 10.6 Å². The minimum absolute atomic E-state index is 0.0540. The molecular weight excluding hydrogens is 420 g/mol. The number of ketones is 2. The normalized spacial score (nSPS) is 13.5. The molecule has 0 saturated carbocycles. The Morgan fingerprint density at radius 1 is 0.903 bits per heavy atom. The highest BCUT2D eigenvalue weighted by Gasteiger charge is 2.28. The van der Waals surface area contributed by atoms with Crippen LogP contribution in [-0.4, -0.2) is 52.6 Å². The molecule has 2 amide bonds. The van der Waals surface area contributed by atoms with Gasteiger partial charge in [-0.15, -0.1) is 11.8 Å². The lowest BCUT2D eigenvalue weighted by atomic mass is 9.88. The quantitative estimate of drug-likeness (QED) is 0.434. The highest BCUT2D eigenvalue weighted by Crippen LogP contribution is 2.17. The van der Waals surface area contributed by atoms with Crippen molar-refractivity contribution in [3.8, 4) is 0 Å². The van der Waals surface area contributed by atoms with Crippen molar-refractivity contribution in [2.45, 2.75) is 84.8 Å². The molecule has 0 spiro atoms. The Kier molecular flexibility index (Phi) is 16.8. The lowest BCUT2D eigenvalue weighted by Crippen LogP contribution is -2.46. The highest BCUT2D eigenvalue weighted by molar-refractivity contribution is 8.01. The van der Waals surface area contributed by atoms with E-state index in [0.29, 0.717) is 5.25 Å². The van der Waals surface area contributed by atoms with Crippen LogP contribution in [0.3, 0.4) is 0 Å². The molecule has 1 unspecified atom stereocenters. The van der Waals surface area contributed by atoms with Crippen LogP contribution in [0.2, 0.25) is 0 Å². The van der Waals surface area contributed by atoms with Crippen LogP contribution >= 0.6 is 11.8 Å². The van der Waals surface area contributed by atoms with E-state index in [-0.39, 0.29) is 71.9 Å². The van der Waals surface area contributed by atoms with Crippen LogP contribution in [0.4, 0.5) is 0 Å². The maximum atomic E-state index is 12.6. The summed E-state index contributed by atoms with van der Waals surface area (Å²) in [7, 11) is 0. The first-order chi connectivity index (χ1) is 14.3. The average molecular weight is 459 g/mol. The van der Waals surface area contributed by atoms with Crippen molar-refractivity contribution in [3.63, 3.8) is 0 Å². The van der Waals surface area contributed by atoms with Gasteiger partial charge in [0.2, 0.25) is 11.8 Å². The molecule has 0 saturated heterocycles. The number of Topliss-reactive ketones (excluding diaryl/α,β-unsaturated/α-hetero) is 2. The van der Waals surface area contributed by atoms with Crippen LogP contribution in [0.5, 0.6) is 0 Å². The van der Waals surface area contributed by atoms with Gasteiger partial charge in [0, 0.05) is 31.2 Å². The van der Waals surface area contributed by atoms with Crippen molar-refractivity contribution in [1.29, 1.82) is 0 Å². The summed E-state index contributed by atoms with van der Waals surface area (Å²) in [6, 6.07) is -0.624. The standard InChI is InChI=1S/C21H38N2O4S.CO2/c1-12(2)19(17(24)11-15(7)20(26)13(3)4)23-18(25)9-10-22-21(27)16(8)28-14(5)6;2-1-3/h12-16,19H,9-11H2,1-8H3,(H,22,27)(H,23,25);/t15-,16?,19+;/m1./s1. The number of hydrogen-bond donors (Lipinski definition) is 2. The Morgan fingerprint density at radius 2 is 1.42 bits per heavy atom. The van der Waals surface area contributed by atoms with Crippen molar-refractivity contribution in [2.75, 3.05) is 6.54 Å². The molecule has 0 fully saturated rings. The predicted octanol–water partition coefficient (Wildman–Crippen LogP) is 2.40. The zero-order chi connectivity index (χ0) is 24.7. The summed E-state index contributed by atoms with van der Waals surface area (Å²) in [5.41, 5.74) is 0. The third-order valence-electron chi connectivity index (χ3n) is 4.39. The molecule has 8 nitrogen and oxygen atoms in total. The summed E-state index contributed by atoms with van der Waals surface area (Å²) in [5, 5.41) is 5.71. The third-order valence-corrected chi connectivity index (χ3v) is 5.56. The Balaban J connectivity index is 0. The molecule has 2 N–H and O–H groups in total. The third kappa shape index (κ3) is 14.6. The highest BCUT2D eigenvalue weighted by atomic mass is 32.2. The van der Waals surface area contributed by atoms with Crippen molar-refractivity contribution in [1.82, 2.24) is 10.6 Å². The fourth-order valence-corrected chi connectivity index (χ4v) is 3.90. The molecular formula is C22H38N2O6S. The molecule has 0 aromatic rings. The SMILES string of the molecule is CC(C)SC(C)C(=O)NCCC(=O)N[C@H](C(=O)C[C@@H](C)C(=O)C(C)C)C(C)C.O=C=O. The van der Waals surface area contributed by atoms with Gasteiger partial charge in [0.1, 0.15) is 5.78 Å². The van der Waals surface area contributed by atoms with Gasteiger partial charge in [-0.05, 0) is 18.1 Å². The van der Waals surface area contributed by atoms with Gasteiger partial charge in [0.15, 0.2) is 5.78 Å². The van der Waals surface area contributed by atoms with E-state index in [1.54, 1.807) is 18.7 Å². The second-order valence-corrected chi connectivity index (χ2v) is 10.3. The van der Waals surface area contributed by atoms with Crippen molar-refractivity contribution in [2.24, 2.45) is 17.8 Å². The minimum atomic E-state index is -0.624. The van der Waals surface area contributed by atoms with Gasteiger partial charge in [-0.1, -0.05) is 48.5 Å². The lowest BCUT2D eigenvalue weighted by molar-refractivity contribution is -0.191. The minimum Gasteiger partial charge on any atom is -0.355 e. The maximum absolute atomic E-state index is 12.6. The van der Waals surface area contributed by atoms with E-state index in [1.807, 2.05) is 48.5 Å². The average Bonchev–Trinajstić information content (AvgIpc) is 2.64. The second-order valence-electron chi connectivity index (χ2n) is 8.37. The van der Waals surface area contributed by atoms with Crippen molar-refractivity contribution in [3.05, 3.63) is 0 Å². The van der Waals surface area contributed by atoms with Crippen molar-refractivity contribution < 1.29 is 28.8 Å². The molecule has 0 heterocycles. The Bertz CT molecular complexity index is 627. The van der Waals surface area contributed by atoms with Crippen LogP contribution in [0.15, 0.2) is 0 Å². The Hall–Kier alpha value is -1.99. The monoisotopic (exact) mass is 458 g/mol. The Labute approximate surface area is 190 Å². The number of rotatable bonds is 13. The molecule has 0 aliphatic heterocycles. The summed E-state index contributed by atoms with van der Waals surface area (Å²) >= 11 is 1.56. The van der Waals surface area contributed by atoms with Gasteiger partial charge < -0.3 is 10.6 Å². The van der Waals surface area contributed by atoms with Crippen LogP contribution in [0, 0.1) is 17.8 Å². The molecule has 0 radical (unpaired) electrons. The molecule has 0 aromatic heterocycles. The topological polar surface area (TPSA) is 126 Å². The summed E-state index contributed by atoms with van der Waals surface area (Å²) in [5.74, 6) is -0.994. The predicted molar refractivity (Wildman–Crippen MR) is 120 cm³/mol. The second kappa shape index (κ2) is 16.7. The molecule has 31 heavy (non-hydrogen) atoms. The maximum Gasteiger partial charge on any atom is 0.373 e. The Morgan fingerprint density at radius 3 is 1.84 bits per heavy atom. The van der Waals surface area contributed by atoms with Crippen molar-refractivity contribution >= 4 is 41.3 Å². The fourth-order valence-electron chi connectivity index (χ4n) is 2.88. The van der Waals surface area contributed by atoms with E-state index in [1.165, 1.54) is 0 Å². The molecule has 0 aromatic carbocycles. The zero-order valence-electron chi connectivity index (χ0n) is 19.9. The molecule has 3 atom stereocenters. The van der Waals surface area contributed by atoms with E-state index >= 15 is 0 Å². The fraction of sp³-hybridized carbons (Fsp3) is 0.773. The van der Waals surface area contributed by atoms with Crippen LogP contribution in [0.1, 0.15) is 68.2 Å². The number of thioether (sulfide) groups is 1. The van der Waals surface area contributed by atoms with Gasteiger partial charge >= 0.3 is 6.15 Å². The number of nitrogens with one attached hydrogen (secondary N) is 2. The van der Waals surface area contributed by atoms with Crippen LogP contribution < -0.4 is 10.6 Å². The lowest BCUT2D eigenvalue weighted by Gasteiger charge is -2.23. The van der Waals surface area contributed by atoms with Gasteiger partial charge in [-0.2, -0.15) is 9.59 Å². The van der Waals surface area contributed by atoms with E-state index in [4.69, 9.17) is 9.59 Å². The van der Waals surface area contributed by atoms with E-state index in [9.17, 15) is 19.2 Å².